The standard InChI is InChI=1S/C10H10FNO/c1-6-4-9-7(5-8(6)11)10(13)2-3-12-9/h4-5,12H,2-3H2,1H3. The molecule has 0 spiro atoms. The molecule has 0 aliphatic carbocycles. The Balaban J connectivity index is 2.58. The van der Waals surface area contributed by atoms with E-state index in [9.17, 15) is 9.18 Å². The summed E-state index contributed by atoms with van der Waals surface area (Å²) in [7, 11) is 0. The number of fused-ring (bicyclic) bond motifs is 1. The van der Waals surface area contributed by atoms with E-state index in [2.05, 4.69) is 5.32 Å². The molecular weight excluding hydrogens is 169 g/mol. The zero-order chi connectivity index (χ0) is 9.42. The van der Waals surface area contributed by atoms with Crippen LogP contribution in [0.4, 0.5) is 10.1 Å². The van der Waals surface area contributed by atoms with Crippen molar-refractivity contribution < 1.29 is 9.18 Å². The third-order valence-corrected chi connectivity index (χ3v) is 2.27. The number of rotatable bonds is 0. The summed E-state index contributed by atoms with van der Waals surface area (Å²) in [6.45, 7) is 2.34. The van der Waals surface area contributed by atoms with Crippen LogP contribution in [-0.2, 0) is 0 Å². The molecule has 0 saturated heterocycles. The largest absolute Gasteiger partial charge is 0.384 e. The van der Waals surface area contributed by atoms with E-state index in [1.807, 2.05) is 0 Å². The number of halogens is 1. The molecule has 1 N–H and O–H groups in total. The highest BCUT2D eigenvalue weighted by Crippen LogP contribution is 2.24. The quantitative estimate of drug-likeness (QED) is 0.661. The summed E-state index contributed by atoms with van der Waals surface area (Å²) in [6.07, 6.45) is 0.454. The van der Waals surface area contributed by atoms with E-state index in [-0.39, 0.29) is 11.6 Å². The van der Waals surface area contributed by atoms with Gasteiger partial charge in [-0.2, -0.15) is 0 Å². The van der Waals surface area contributed by atoms with Gasteiger partial charge in [0.2, 0.25) is 0 Å². The first-order valence-corrected chi connectivity index (χ1v) is 4.25. The number of hydrogen-bond acceptors (Lipinski definition) is 2. The fraction of sp³-hybridized carbons (Fsp3) is 0.300. The van der Waals surface area contributed by atoms with E-state index in [0.717, 1.165) is 5.69 Å². The van der Waals surface area contributed by atoms with Crippen LogP contribution in [0.15, 0.2) is 12.1 Å². The molecule has 1 aromatic carbocycles. The van der Waals surface area contributed by atoms with Gasteiger partial charge in [-0.3, -0.25) is 4.79 Å². The molecule has 0 aromatic heterocycles. The monoisotopic (exact) mass is 179 g/mol. The SMILES string of the molecule is Cc1cc2c(cc1F)C(=O)CCN2. The Bertz CT molecular complexity index is 373. The lowest BCUT2D eigenvalue weighted by molar-refractivity contribution is 0.0983. The Labute approximate surface area is 75.8 Å². The van der Waals surface area contributed by atoms with Crippen LogP contribution in [0.2, 0.25) is 0 Å². The molecule has 1 aliphatic rings. The second kappa shape index (κ2) is 2.83. The van der Waals surface area contributed by atoms with E-state index in [4.69, 9.17) is 0 Å². The Hall–Kier alpha value is -1.38. The Morgan fingerprint density at radius 1 is 1.46 bits per heavy atom. The summed E-state index contributed by atoms with van der Waals surface area (Å²) < 4.78 is 13.1. The van der Waals surface area contributed by atoms with Crippen molar-refractivity contribution in [3.8, 4) is 0 Å². The first-order chi connectivity index (χ1) is 6.18. The number of ketones is 1. The topological polar surface area (TPSA) is 29.1 Å². The zero-order valence-corrected chi connectivity index (χ0v) is 7.36. The van der Waals surface area contributed by atoms with Gasteiger partial charge in [-0.05, 0) is 24.6 Å². The van der Waals surface area contributed by atoms with Crippen LogP contribution in [0, 0.1) is 12.7 Å². The lowest BCUT2D eigenvalue weighted by Gasteiger charge is -2.17. The normalized spacial score (nSPS) is 15.1. The predicted octanol–water partition coefficient (Wildman–Crippen LogP) is 2.13. The highest BCUT2D eigenvalue weighted by molar-refractivity contribution is 6.03. The molecule has 3 heteroatoms. The molecule has 0 saturated carbocycles. The molecule has 0 fully saturated rings. The van der Waals surface area contributed by atoms with Crippen LogP contribution in [0.3, 0.4) is 0 Å². The molecule has 1 aromatic rings. The van der Waals surface area contributed by atoms with E-state index in [0.29, 0.717) is 24.1 Å². The van der Waals surface area contributed by atoms with Crippen molar-refractivity contribution in [2.45, 2.75) is 13.3 Å². The highest BCUT2D eigenvalue weighted by atomic mass is 19.1. The minimum absolute atomic E-state index is 0.0210. The summed E-state index contributed by atoms with van der Waals surface area (Å²) in [6, 6.07) is 3.00. The zero-order valence-electron chi connectivity index (χ0n) is 7.36. The van der Waals surface area contributed by atoms with Gasteiger partial charge < -0.3 is 5.32 Å². The van der Waals surface area contributed by atoms with Gasteiger partial charge in [0.05, 0.1) is 0 Å². The molecule has 0 unspecified atom stereocenters. The van der Waals surface area contributed by atoms with Crippen molar-refractivity contribution in [1.82, 2.24) is 0 Å². The molecule has 1 heterocycles. The number of aryl methyl sites for hydroxylation is 1. The fourth-order valence-corrected chi connectivity index (χ4v) is 1.50. The molecule has 0 atom stereocenters. The third-order valence-electron chi connectivity index (χ3n) is 2.27. The number of carbonyl (C=O) groups excluding carboxylic acids is 1. The highest BCUT2D eigenvalue weighted by Gasteiger charge is 2.17. The van der Waals surface area contributed by atoms with Gasteiger partial charge in [0, 0.05) is 24.2 Å². The molecule has 2 rings (SSSR count). The lowest BCUT2D eigenvalue weighted by Crippen LogP contribution is -2.18. The van der Waals surface area contributed by atoms with Crippen LogP contribution >= 0.6 is 0 Å². The Morgan fingerprint density at radius 2 is 2.23 bits per heavy atom. The summed E-state index contributed by atoms with van der Waals surface area (Å²) in [4.78, 5) is 11.3. The van der Waals surface area contributed by atoms with Crippen LogP contribution < -0.4 is 5.32 Å². The average molecular weight is 179 g/mol. The second-order valence-electron chi connectivity index (χ2n) is 3.25. The first-order valence-electron chi connectivity index (χ1n) is 4.25. The molecular formula is C10H10FNO. The van der Waals surface area contributed by atoms with Crippen LogP contribution in [-0.4, -0.2) is 12.3 Å². The van der Waals surface area contributed by atoms with Crippen molar-refractivity contribution >= 4 is 11.5 Å². The number of benzene rings is 1. The predicted molar refractivity (Wildman–Crippen MR) is 48.6 cm³/mol. The number of carbonyl (C=O) groups is 1. The average Bonchev–Trinajstić information content (AvgIpc) is 2.09. The molecule has 0 bridgehead atoms. The van der Waals surface area contributed by atoms with E-state index in [1.165, 1.54) is 6.07 Å². The summed E-state index contributed by atoms with van der Waals surface area (Å²) >= 11 is 0. The van der Waals surface area contributed by atoms with Crippen molar-refractivity contribution in [3.63, 3.8) is 0 Å². The van der Waals surface area contributed by atoms with Gasteiger partial charge in [-0.1, -0.05) is 0 Å². The van der Waals surface area contributed by atoms with Gasteiger partial charge >= 0.3 is 0 Å². The molecule has 2 nitrogen and oxygen atoms in total. The first kappa shape index (κ1) is 8.23. The van der Waals surface area contributed by atoms with E-state index in [1.54, 1.807) is 13.0 Å². The number of nitrogens with one attached hydrogen (secondary N) is 1. The molecule has 0 radical (unpaired) electrons. The number of anilines is 1. The van der Waals surface area contributed by atoms with Gasteiger partial charge in [0.1, 0.15) is 5.82 Å². The fourth-order valence-electron chi connectivity index (χ4n) is 1.50. The van der Waals surface area contributed by atoms with Crippen molar-refractivity contribution in [1.29, 1.82) is 0 Å². The third kappa shape index (κ3) is 1.30. The van der Waals surface area contributed by atoms with Crippen molar-refractivity contribution in [3.05, 3.63) is 29.1 Å². The lowest BCUT2D eigenvalue weighted by atomic mass is 10.00. The van der Waals surface area contributed by atoms with E-state index >= 15 is 0 Å². The second-order valence-corrected chi connectivity index (χ2v) is 3.25. The van der Waals surface area contributed by atoms with Gasteiger partial charge in [0.15, 0.2) is 5.78 Å². The molecule has 0 amide bonds. The smallest absolute Gasteiger partial charge is 0.166 e. The van der Waals surface area contributed by atoms with Gasteiger partial charge in [0.25, 0.3) is 0 Å². The molecule has 1 aliphatic heterocycles. The summed E-state index contributed by atoms with van der Waals surface area (Å²) in [5.41, 5.74) is 1.81. The van der Waals surface area contributed by atoms with Crippen LogP contribution in [0.5, 0.6) is 0 Å². The molecule has 13 heavy (non-hydrogen) atoms. The maximum Gasteiger partial charge on any atom is 0.166 e. The summed E-state index contributed by atoms with van der Waals surface area (Å²) in [5.74, 6) is -0.288. The number of Topliss-reactive ketones (excluding diaryl/α,β-unsaturated/α-hetero) is 1. The molecule has 68 valence electrons. The van der Waals surface area contributed by atoms with Crippen molar-refractivity contribution in [2.24, 2.45) is 0 Å². The van der Waals surface area contributed by atoms with Gasteiger partial charge in [-0.25, -0.2) is 4.39 Å². The minimum atomic E-state index is -0.309. The summed E-state index contributed by atoms with van der Waals surface area (Å²) in [5, 5.41) is 3.07. The van der Waals surface area contributed by atoms with E-state index < -0.39 is 0 Å². The van der Waals surface area contributed by atoms with Gasteiger partial charge in [-0.15, -0.1) is 0 Å². The van der Waals surface area contributed by atoms with Crippen LogP contribution in [0.1, 0.15) is 22.3 Å². The number of hydrogen-bond donors (Lipinski definition) is 1. The maximum atomic E-state index is 13.1. The maximum absolute atomic E-state index is 13.1. The van der Waals surface area contributed by atoms with Crippen LogP contribution in [0.25, 0.3) is 0 Å². The minimum Gasteiger partial charge on any atom is -0.384 e. The Kier molecular flexibility index (Phi) is 1.79. The van der Waals surface area contributed by atoms with Crippen molar-refractivity contribution in [2.75, 3.05) is 11.9 Å². The Morgan fingerprint density at radius 3 is 3.00 bits per heavy atom.